The summed E-state index contributed by atoms with van der Waals surface area (Å²) in [6.07, 6.45) is 1.46. The highest BCUT2D eigenvalue weighted by Crippen LogP contribution is 2.21. The lowest BCUT2D eigenvalue weighted by Gasteiger charge is -2.29. The van der Waals surface area contributed by atoms with E-state index >= 15 is 0 Å². The van der Waals surface area contributed by atoms with Crippen LogP contribution in [-0.4, -0.2) is 50.6 Å². The maximum absolute atomic E-state index is 12.3. The number of carboxylic acids is 1. The molecular weight excluding hydrogens is 316 g/mol. The van der Waals surface area contributed by atoms with Crippen LogP contribution in [0.25, 0.3) is 0 Å². The number of aromatic carboxylic acids is 1. The minimum Gasteiger partial charge on any atom is -0.478 e. The van der Waals surface area contributed by atoms with Gasteiger partial charge in [-0.15, -0.1) is 0 Å². The highest BCUT2D eigenvalue weighted by Gasteiger charge is 2.24. The number of rotatable bonds is 4. The number of halogens is 1. The SMILES string of the molecule is CN1CCC(NS(=O)(=O)c2ccc(Cl)c(C(=O)O)c2)CC1. The molecule has 0 radical (unpaired) electrons. The molecular formula is C13H17ClN2O4S. The fourth-order valence-corrected chi connectivity index (χ4v) is 3.78. The first-order chi connectivity index (χ1) is 9.79. The van der Waals surface area contributed by atoms with Crippen molar-refractivity contribution in [1.82, 2.24) is 9.62 Å². The summed E-state index contributed by atoms with van der Waals surface area (Å²) < 4.78 is 27.2. The van der Waals surface area contributed by atoms with Crippen LogP contribution in [0, 0.1) is 0 Å². The van der Waals surface area contributed by atoms with Gasteiger partial charge in [0.2, 0.25) is 10.0 Å². The predicted octanol–water partition coefficient (Wildman–Crippen LogP) is 1.41. The van der Waals surface area contributed by atoms with E-state index in [-0.39, 0.29) is 21.5 Å². The Labute approximate surface area is 128 Å². The van der Waals surface area contributed by atoms with E-state index in [1.807, 2.05) is 7.05 Å². The molecule has 0 saturated carbocycles. The smallest absolute Gasteiger partial charge is 0.337 e. The van der Waals surface area contributed by atoms with Gasteiger partial charge in [-0.25, -0.2) is 17.9 Å². The minimum atomic E-state index is -3.74. The molecule has 21 heavy (non-hydrogen) atoms. The molecule has 0 amide bonds. The Morgan fingerprint density at radius 1 is 1.38 bits per heavy atom. The molecule has 1 saturated heterocycles. The first-order valence-corrected chi connectivity index (χ1v) is 8.39. The van der Waals surface area contributed by atoms with Gasteiger partial charge in [0.1, 0.15) is 0 Å². The third kappa shape index (κ3) is 3.94. The molecule has 8 heteroatoms. The summed E-state index contributed by atoms with van der Waals surface area (Å²) in [5, 5.41) is 9.02. The van der Waals surface area contributed by atoms with Crippen LogP contribution in [0.5, 0.6) is 0 Å². The Hall–Kier alpha value is -1.15. The highest BCUT2D eigenvalue weighted by molar-refractivity contribution is 7.89. The number of carbonyl (C=O) groups is 1. The summed E-state index contributed by atoms with van der Waals surface area (Å²) in [6, 6.07) is 3.55. The Balaban J connectivity index is 2.20. The van der Waals surface area contributed by atoms with Crippen molar-refractivity contribution in [3.63, 3.8) is 0 Å². The van der Waals surface area contributed by atoms with Crippen molar-refractivity contribution in [3.8, 4) is 0 Å². The predicted molar refractivity (Wildman–Crippen MR) is 79.3 cm³/mol. The topological polar surface area (TPSA) is 86.7 Å². The summed E-state index contributed by atoms with van der Waals surface area (Å²) in [5.41, 5.74) is -0.220. The molecule has 1 aromatic carbocycles. The number of sulfonamides is 1. The number of carboxylic acid groups (broad SMARTS) is 1. The molecule has 0 atom stereocenters. The lowest BCUT2D eigenvalue weighted by atomic mass is 10.1. The molecule has 0 aromatic heterocycles. The van der Waals surface area contributed by atoms with E-state index in [4.69, 9.17) is 16.7 Å². The summed E-state index contributed by atoms with van der Waals surface area (Å²) in [7, 11) is -1.75. The van der Waals surface area contributed by atoms with Crippen molar-refractivity contribution >= 4 is 27.6 Å². The normalized spacial score (nSPS) is 17.8. The lowest BCUT2D eigenvalue weighted by molar-refractivity contribution is 0.0697. The van der Waals surface area contributed by atoms with E-state index in [0.29, 0.717) is 0 Å². The monoisotopic (exact) mass is 332 g/mol. The summed E-state index contributed by atoms with van der Waals surface area (Å²) in [5.74, 6) is -1.25. The average Bonchev–Trinajstić information content (AvgIpc) is 2.41. The van der Waals surface area contributed by atoms with Crippen molar-refractivity contribution < 1.29 is 18.3 Å². The van der Waals surface area contributed by atoms with E-state index in [2.05, 4.69) is 9.62 Å². The standard InChI is InChI=1S/C13H17ClN2O4S/c1-16-6-4-9(5-7-16)15-21(19,20)10-2-3-12(14)11(8-10)13(17)18/h2-3,8-9,15H,4-7H2,1H3,(H,17,18). The van der Waals surface area contributed by atoms with Crippen LogP contribution in [0.1, 0.15) is 23.2 Å². The Bertz CT molecular complexity index is 640. The van der Waals surface area contributed by atoms with E-state index in [9.17, 15) is 13.2 Å². The van der Waals surface area contributed by atoms with Gasteiger partial charge < -0.3 is 10.0 Å². The fourth-order valence-electron chi connectivity index (χ4n) is 2.25. The molecule has 1 aromatic rings. The zero-order valence-electron chi connectivity index (χ0n) is 11.5. The molecule has 1 aliphatic rings. The van der Waals surface area contributed by atoms with Gasteiger partial charge in [0, 0.05) is 6.04 Å². The molecule has 116 valence electrons. The number of hydrogen-bond donors (Lipinski definition) is 2. The Morgan fingerprint density at radius 3 is 2.57 bits per heavy atom. The molecule has 2 N–H and O–H groups in total. The zero-order valence-corrected chi connectivity index (χ0v) is 13.1. The number of piperidine rings is 1. The van der Waals surface area contributed by atoms with Crippen LogP contribution < -0.4 is 4.72 Å². The number of likely N-dealkylation sites (tertiary alicyclic amines) is 1. The van der Waals surface area contributed by atoms with Gasteiger partial charge in [0.25, 0.3) is 0 Å². The summed E-state index contributed by atoms with van der Waals surface area (Å²) >= 11 is 5.75. The molecule has 1 aliphatic heterocycles. The van der Waals surface area contributed by atoms with Crippen LogP contribution in [0.3, 0.4) is 0 Å². The molecule has 0 aliphatic carbocycles. The van der Waals surface area contributed by atoms with E-state index in [0.717, 1.165) is 32.0 Å². The molecule has 2 rings (SSSR count). The molecule has 1 heterocycles. The summed E-state index contributed by atoms with van der Waals surface area (Å²) in [6.45, 7) is 1.66. The van der Waals surface area contributed by atoms with Gasteiger partial charge in [0.05, 0.1) is 15.5 Å². The van der Waals surface area contributed by atoms with Crippen LogP contribution in [-0.2, 0) is 10.0 Å². The quantitative estimate of drug-likeness (QED) is 0.870. The van der Waals surface area contributed by atoms with Gasteiger partial charge in [-0.05, 0) is 51.2 Å². The van der Waals surface area contributed by atoms with Gasteiger partial charge in [-0.3, -0.25) is 0 Å². The molecule has 1 fully saturated rings. The number of nitrogens with one attached hydrogen (secondary N) is 1. The lowest BCUT2D eigenvalue weighted by Crippen LogP contribution is -2.43. The molecule has 0 spiro atoms. The molecule has 0 unspecified atom stereocenters. The first-order valence-electron chi connectivity index (χ1n) is 6.53. The van der Waals surface area contributed by atoms with Gasteiger partial charge in [-0.2, -0.15) is 0 Å². The Kier molecular flexibility index (Phi) is 4.88. The highest BCUT2D eigenvalue weighted by atomic mass is 35.5. The zero-order chi connectivity index (χ0) is 15.6. The molecule has 0 bridgehead atoms. The summed E-state index contributed by atoms with van der Waals surface area (Å²) in [4.78, 5) is 13.1. The average molecular weight is 333 g/mol. The largest absolute Gasteiger partial charge is 0.478 e. The minimum absolute atomic E-state index is 0.0146. The third-order valence-corrected chi connectivity index (χ3v) is 5.37. The maximum Gasteiger partial charge on any atom is 0.337 e. The molecule has 6 nitrogen and oxygen atoms in total. The van der Waals surface area contributed by atoms with Crippen molar-refractivity contribution in [2.75, 3.05) is 20.1 Å². The van der Waals surface area contributed by atoms with Crippen molar-refractivity contribution in [3.05, 3.63) is 28.8 Å². The number of benzene rings is 1. The van der Waals surface area contributed by atoms with Crippen LogP contribution in [0.2, 0.25) is 5.02 Å². The van der Waals surface area contributed by atoms with Crippen LogP contribution in [0.15, 0.2) is 23.1 Å². The Morgan fingerprint density at radius 2 is 2.00 bits per heavy atom. The number of nitrogens with zero attached hydrogens (tertiary/aromatic N) is 1. The second-order valence-electron chi connectivity index (χ2n) is 5.15. The maximum atomic E-state index is 12.3. The van der Waals surface area contributed by atoms with Crippen molar-refractivity contribution in [2.24, 2.45) is 0 Å². The van der Waals surface area contributed by atoms with Crippen molar-refractivity contribution in [1.29, 1.82) is 0 Å². The second kappa shape index (κ2) is 6.31. The van der Waals surface area contributed by atoms with Gasteiger partial charge >= 0.3 is 5.97 Å². The van der Waals surface area contributed by atoms with E-state index < -0.39 is 16.0 Å². The number of hydrogen-bond acceptors (Lipinski definition) is 4. The third-order valence-electron chi connectivity index (χ3n) is 3.52. The second-order valence-corrected chi connectivity index (χ2v) is 7.27. The van der Waals surface area contributed by atoms with E-state index in [1.54, 1.807) is 0 Å². The van der Waals surface area contributed by atoms with Gasteiger partial charge in [-0.1, -0.05) is 11.6 Å². The first kappa shape index (κ1) is 16.2. The van der Waals surface area contributed by atoms with Gasteiger partial charge in [0.15, 0.2) is 0 Å². The van der Waals surface area contributed by atoms with Crippen LogP contribution >= 0.6 is 11.6 Å². The van der Waals surface area contributed by atoms with E-state index in [1.165, 1.54) is 12.1 Å². The fraction of sp³-hybridized carbons (Fsp3) is 0.462. The van der Waals surface area contributed by atoms with Crippen molar-refractivity contribution in [2.45, 2.75) is 23.8 Å². The van der Waals surface area contributed by atoms with Crippen LogP contribution in [0.4, 0.5) is 0 Å².